The molecule has 0 unspecified atom stereocenters. The van der Waals surface area contributed by atoms with Crippen LogP contribution in [0.4, 0.5) is 0 Å². The minimum absolute atomic E-state index is 0. The van der Waals surface area contributed by atoms with Crippen LogP contribution >= 0.6 is 34.0 Å². The number of thiophene rings is 3. The van der Waals surface area contributed by atoms with Crippen LogP contribution in [0.3, 0.4) is 0 Å². The number of carbonyl (C=O) groups excluding carboxylic acids is 1. The zero-order valence-electron chi connectivity index (χ0n) is 29.9. The molecule has 0 amide bonds. The zero-order chi connectivity index (χ0) is 34.3. The van der Waals surface area contributed by atoms with Crippen molar-refractivity contribution in [3.63, 3.8) is 0 Å². The fraction of sp³-hybridized carbons (Fsp3) is 0.415. The molecule has 0 aliphatic heterocycles. The van der Waals surface area contributed by atoms with E-state index in [0.29, 0.717) is 0 Å². The Morgan fingerprint density at radius 1 is 0.854 bits per heavy atom. The Labute approximate surface area is 311 Å². The van der Waals surface area contributed by atoms with Crippen molar-refractivity contribution in [2.24, 2.45) is 10.8 Å². The van der Waals surface area contributed by atoms with Crippen LogP contribution in [0.2, 0.25) is 0 Å². The Balaban J connectivity index is 0.000000251. The molecular weight excluding hydrogens is 827 g/mol. The number of rotatable bonds is 8. The molecule has 1 radical (unpaired) electrons. The summed E-state index contributed by atoms with van der Waals surface area (Å²) >= 11 is 5.53. The van der Waals surface area contributed by atoms with Gasteiger partial charge in [0.2, 0.25) is 0 Å². The molecule has 4 heterocycles. The van der Waals surface area contributed by atoms with E-state index in [0.717, 1.165) is 36.9 Å². The summed E-state index contributed by atoms with van der Waals surface area (Å²) in [7, 11) is 0. The molecule has 7 heteroatoms. The fourth-order valence-electron chi connectivity index (χ4n) is 5.93. The molecule has 0 spiro atoms. The van der Waals surface area contributed by atoms with Crippen LogP contribution in [0.1, 0.15) is 98.4 Å². The first-order valence-corrected chi connectivity index (χ1v) is 19.3. The van der Waals surface area contributed by atoms with Crippen LogP contribution in [-0.4, -0.2) is 15.9 Å². The van der Waals surface area contributed by atoms with Gasteiger partial charge in [-0.25, -0.2) is 0 Å². The molecule has 0 aliphatic carbocycles. The average Bonchev–Trinajstić information content (AvgIpc) is 3.77. The van der Waals surface area contributed by atoms with Crippen molar-refractivity contribution in [2.45, 2.75) is 100 Å². The number of aliphatic hydroxyl groups is 1. The van der Waals surface area contributed by atoms with Gasteiger partial charge in [-0.1, -0.05) is 73.4 Å². The predicted molar refractivity (Wildman–Crippen MR) is 209 cm³/mol. The minimum atomic E-state index is -0.337. The topological polar surface area (TPSA) is 50.2 Å². The Bertz CT molecular complexity index is 2100. The van der Waals surface area contributed by atoms with Crippen molar-refractivity contribution in [3.8, 4) is 11.3 Å². The molecule has 6 rings (SSSR count). The van der Waals surface area contributed by atoms with E-state index >= 15 is 0 Å². The Morgan fingerprint density at radius 2 is 1.52 bits per heavy atom. The summed E-state index contributed by atoms with van der Waals surface area (Å²) in [5, 5.41) is 17.5. The molecule has 48 heavy (non-hydrogen) atoms. The van der Waals surface area contributed by atoms with E-state index in [9.17, 15) is 9.90 Å². The summed E-state index contributed by atoms with van der Waals surface area (Å²) in [5.41, 5.74) is 2.99. The number of hydrogen-bond acceptors (Lipinski definition) is 6. The van der Waals surface area contributed by atoms with E-state index in [-0.39, 0.29) is 47.9 Å². The molecule has 0 saturated carbocycles. The van der Waals surface area contributed by atoms with Crippen molar-refractivity contribution >= 4 is 80.1 Å². The SMILES string of the molecule is CCC(C)(CC)C(=O)/C=C(\O)C(C)(CC)CC.Cc1cc2cc3sc4c(-c5[c-]c6ccsc6c(C(C)(C)C)c5)nccc4c3cc2s1.[Ir]. The maximum Gasteiger partial charge on any atom is 0.164 e. The normalized spacial score (nSPS) is 12.8. The van der Waals surface area contributed by atoms with Gasteiger partial charge in [-0.15, -0.1) is 46.3 Å². The van der Waals surface area contributed by atoms with Gasteiger partial charge >= 0.3 is 0 Å². The first kappa shape index (κ1) is 38.4. The van der Waals surface area contributed by atoms with Crippen molar-refractivity contribution in [2.75, 3.05) is 0 Å². The number of pyridine rings is 1. The first-order valence-electron chi connectivity index (χ1n) is 16.8. The number of ketones is 1. The van der Waals surface area contributed by atoms with Crippen LogP contribution < -0.4 is 0 Å². The van der Waals surface area contributed by atoms with Crippen LogP contribution in [0.15, 0.2) is 59.8 Å². The van der Waals surface area contributed by atoms with E-state index in [4.69, 9.17) is 4.98 Å². The van der Waals surface area contributed by atoms with Crippen molar-refractivity contribution < 1.29 is 30.0 Å². The second-order valence-corrected chi connectivity index (χ2v) is 17.6. The Morgan fingerprint density at radius 3 is 2.15 bits per heavy atom. The number of nitrogens with zero attached hydrogens (tertiary/aromatic N) is 1. The van der Waals surface area contributed by atoms with Gasteiger partial charge in [-0.05, 0) is 83.1 Å². The van der Waals surface area contributed by atoms with Crippen LogP contribution in [-0.2, 0) is 30.3 Å². The van der Waals surface area contributed by atoms with E-state index in [1.807, 2.05) is 81.7 Å². The van der Waals surface area contributed by atoms with E-state index in [1.54, 1.807) is 0 Å². The summed E-state index contributed by atoms with van der Waals surface area (Å²) in [6, 6.07) is 17.3. The largest absolute Gasteiger partial charge is 0.512 e. The second kappa shape index (κ2) is 14.8. The molecule has 6 aromatic rings. The maximum absolute atomic E-state index is 12.2. The van der Waals surface area contributed by atoms with Crippen molar-refractivity contribution in [1.29, 1.82) is 0 Å². The van der Waals surface area contributed by atoms with Gasteiger partial charge in [0.1, 0.15) is 5.76 Å². The van der Waals surface area contributed by atoms with Crippen LogP contribution in [0.25, 0.3) is 51.6 Å². The van der Waals surface area contributed by atoms with Gasteiger partial charge in [-0.3, -0.25) is 9.78 Å². The quantitative estimate of drug-likeness (QED) is 0.0941. The molecule has 1 N–H and O–H groups in total. The molecule has 0 saturated heterocycles. The van der Waals surface area contributed by atoms with Gasteiger partial charge in [0, 0.05) is 73.3 Å². The van der Waals surface area contributed by atoms with Crippen LogP contribution in [0.5, 0.6) is 0 Å². The molecule has 3 nitrogen and oxygen atoms in total. The van der Waals surface area contributed by atoms with Gasteiger partial charge < -0.3 is 5.11 Å². The maximum atomic E-state index is 12.2. The van der Waals surface area contributed by atoms with E-state index < -0.39 is 0 Å². The van der Waals surface area contributed by atoms with Gasteiger partial charge in [0.25, 0.3) is 0 Å². The minimum Gasteiger partial charge on any atom is -0.512 e. The standard InChI is InChI=1S/C26H20NS3.C15H28O2.Ir/c1-14-9-16-12-22-19(13-21(16)29-14)18-5-7-27-23(25(18)30-22)17-10-15-6-8-28-24(15)20(11-17)26(2,3)4;1-7-14(5,8-2)12(16)11-13(17)15(6,9-3)10-4;/h5-9,11-13H,1-4H3;11,16H,7-10H2,1-6H3;/q-1;;/b;12-11-;. The smallest absolute Gasteiger partial charge is 0.164 e. The summed E-state index contributed by atoms with van der Waals surface area (Å²) in [6.45, 7) is 21.1. The zero-order valence-corrected chi connectivity index (χ0v) is 34.7. The molecule has 4 aromatic heterocycles. The van der Waals surface area contributed by atoms with E-state index in [2.05, 4.69) is 75.5 Å². The fourth-order valence-corrected chi connectivity index (χ4v) is 9.19. The number of hydrogen-bond donors (Lipinski definition) is 1. The first-order chi connectivity index (χ1) is 22.2. The number of fused-ring (bicyclic) bond motifs is 5. The van der Waals surface area contributed by atoms with Gasteiger partial charge in [0.15, 0.2) is 5.78 Å². The third-order valence-electron chi connectivity index (χ3n) is 10.3. The molecule has 2 aromatic carbocycles. The molecule has 0 aliphatic rings. The summed E-state index contributed by atoms with van der Waals surface area (Å²) in [6.07, 6.45) is 6.71. The molecule has 0 atom stereocenters. The van der Waals surface area contributed by atoms with Crippen LogP contribution in [0, 0.1) is 23.8 Å². The third kappa shape index (κ3) is 7.37. The predicted octanol–water partition coefficient (Wildman–Crippen LogP) is 13.6. The molecule has 0 bridgehead atoms. The number of allylic oxidation sites excluding steroid dienone is 2. The molecular formula is C41H48IrNO2S3-. The number of aromatic nitrogens is 1. The number of benzene rings is 2. The Hall–Kier alpha value is -2.41. The van der Waals surface area contributed by atoms with Gasteiger partial charge in [0.05, 0.1) is 0 Å². The third-order valence-corrected chi connectivity index (χ3v) is 13.4. The summed E-state index contributed by atoms with van der Waals surface area (Å²) < 4.78 is 5.29. The number of aliphatic hydroxyl groups excluding tert-OH is 1. The Kier molecular flexibility index (Phi) is 11.9. The molecule has 257 valence electrons. The van der Waals surface area contributed by atoms with Gasteiger partial charge in [-0.2, -0.15) is 11.3 Å². The van der Waals surface area contributed by atoms with E-state index in [1.165, 1.54) is 56.9 Å². The second-order valence-electron chi connectivity index (χ2n) is 14.3. The monoisotopic (exact) mass is 875 g/mol. The summed E-state index contributed by atoms with van der Waals surface area (Å²) in [4.78, 5) is 18.4. The van der Waals surface area contributed by atoms with Crippen molar-refractivity contribution in [3.05, 3.63) is 76.3 Å². The summed E-state index contributed by atoms with van der Waals surface area (Å²) in [5.74, 6) is 0.286. The van der Waals surface area contributed by atoms with Crippen molar-refractivity contribution in [1.82, 2.24) is 4.98 Å². The number of carbonyl (C=O) groups is 1. The number of aryl methyl sites for hydroxylation is 1. The molecule has 0 fully saturated rings. The average molecular weight is 875 g/mol.